The predicted molar refractivity (Wildman–Crippen MR) is 102 cm³/mol. The maximum absolute atomic E-state index is 3.01. The third-order valence-electron chi connectivity index (χ3n) is 8.20. The largest absolute Gasteiger partial charge is 0.298 e. The van der Waals surface area contributed by atoms with Gasteiger partial charge in [-0.15, -0.1) is 0 Å². The van der Waals surface area contributed by atoms with Crippen molar-refractivity contribution in [3.05, 3.63) is 0 Å². The van der Waals surface area contributed by atoms with Gasteiger partial charge >= 0.3 is 0 Å². The van der Waals surface area contributed by atoms with Crippen LogP contribution >= 0.6 is 0 Å². The van der Waals surface area contributed by atoms with Gasteiger partial charge in [0.2, 0.25) is 0 Å². The standard InChI is InChI=1S/C22H40N2/c1-15(2)23-13-12-18-8-9-19(14-22(18)23)21-11-10-17-6-5-7-20(17)24(21)16(3)4/h15-22H,5-14H2,1-4H3. The molecule has 2 heteroatoms. The second kappa shape index (κ2) is 6.91. The summed E-state index contributed by atoms with van der Waals surface area (Å²) in [6.45, 7) is 11.1. The van der Waals surface area contributed by atoms with E-state index in [0.29, 0.717) is 0 Å². The lowest BCUT2D eigenvalue weighted by atomic mass is 9.71. The van der Waals surface area contributed by atoms with Crippen molar-refractivity contribution in [1.29, 1.82) is 0 Å². The Labute approximate surface area is 150 Å². The van der Waals surface area contributed by atoms with Crippen LogP contribution in [-0.2, 0) is 0 Å². The first-order valence-corrected chi connectivity index (χ1v) is 11.1. The number of piperidine rings is 1. The van der Waals surface area contributed by atoms with Crippen molar-refractivity contribution in [2.75, 3.05) is 6.54 Å². The van der Waals surface area contributed by atoms with Crippen LogP contribution in [0.2, 0.25) is 0 Å². The van der Waals surface area contributed by atoms with Crippen molar-refractivity contribution in [2.45, 2.75) is 116 Å². The SMILES string of the molecule is CC(C)N1CCC2CCC(C3CCC4CCCC4N3C(C)C)CC21. The van der Waals surface area contributed by atoms with Crippen LogP contribution < -0.4 is 0 Å². The number of hydrogen-bond donors (Lipinski definition) is 0. The smallest absolute Gasteiger partial charge is 0.0130 e. The van der Waals surface area contributed by atoms with Gasteiger partial charge in [0.25, 0.3) is 0 Å². The zero-order chi connectivity index (χ0) is 16.8. The molecular weight excluding hydrogens is 292 g/mol. The van der Waals surface area contributed by atoms with Crippen molar-refractivity contribution in [3.63, 3.8) is 0 Å². The Balaban J connectivity index is 1.50. The number of rotatable bonds is 3. The highest BCUT2D eigenvalue weighted by Gasteiger charge is 2.47. The van der Waals surface area contributed by atoms with Gasteiger partial charge in [-0.25, -0.2) is 0 Å². The van der Waals surface area contributed by atoms with Gasteiger partial charge in [0.05, 0.1) is 0 Å². The van der Waals surface area contributed by atoms with Crippen molar-refractivity contribution in [3.8, 4) is 0 Å². The summed E-state index contributed by atoms with van der Waals surface area (Å²) in [6.07, 6.45) is 13.5. The van der Waals surface area contributed by atoms with Crippen LogP contribution in [0.4, 0.5) is 0 Å². The molecule has 6 atom stereocenters. The summed E-state index contributed by atoms with van der Waals surface area (Å²) >= 11 is 0. The molecule has 24 heavy (non-hydrogen) atoms. The Morgan fingerprint density at radius 1 is 0.625 bits per heavy atom. The highest BCUT2D eigenvalue weighted by atomic mass is 15.2. The maximum Gasteiger partial charge on any atom is 0.0130 e. The monoisotopic (exact) mass is 332 g/mol. The molecule has 0 amide bonds. The molecule has 0 aromatic heterocycles. The highest BCUT2D eigenvalue weighted by molar-refractivity contribution is 5.01. The molecule has 0 bridgehead atoms. The number of likely N-dealkylation sites (tertiary alicyclic amines) is 2. The molecule has 4 aliphatic rings. The number of nitrogens with zero attached hydrogens (tertiary/aromatic N) is 2. The third kappa shape index (κ3) is 2.96. The van der Waals surface area contributed by atoms with Crippen LogP contribution in [-0.4, -0.2) is 46.6 Å². The average Bonchev–Trinajstić information content (AvgIpc) is 3.19. The minimum absolute atomic E-state index is 0.739. The van der Waals surface area contributed by atoms with Crippen molar-refractivity contribution in [2.24, 2.45) is 17.8 Å². The van der Waals surface area contributed by atoms with E-state index >= 15 is 0 Å². The zero-order valence-electron chi connectivity index (χ0n) is 16.6. The maximum atomic E-state index is 3.01. The number of hydrogen-bond acceptors (Lipinski definition) is 2. The second-order valence-corrected chi connectivity index (χ2v) is 9.96. The van der Waals surface area contributed by atoms with Crippen LogP contribution in [0.5, 0.6) is 0 Å². The van der Waals surface area contributed by atoms with Crippen molar-refractivity contribution >= 4 is 0 Å². The summed E-state index contributed by atoms with van der Waals surface area (Å²) < 4.78 is 0. The normalized spacial score (nSPS) is 44.2. The summed E-state index contributed by atoms with van der Waals surface area (Å²) in [5.41, 5.74) is 0. The first kappa shape index (κ1) is 17.3. The Morgan fingerprint density at radius 2 is 1.29 bits per heavy atom. The first-order valence-electron chi connectivity index (χ1n) is 11.1. The fourth-order valence-electron chi connectivity index (χ4n) is 7.23. The van der Waals surface area contributed by atoms with Gasteiger partial charge < -0.3 is 0 Å². The lowest BCUT2D eigenvalue weighted by molar-refractivity contribution is -0.0228. The molecule has 4 rings (SSSR count). The molecular formula is C22H40N2. The third-order valence-corrected chi connectivity index (χ3v) is 8.20. The van der Waals surface area contributed by atoms with E-state index in [9.17, 15) is 0 Å². The van der Waals surface area contributed by atoms with Gasteiger partial charge in [-0.3, -0.25) is 9.80 Å². The van der Waals surface area contributed by atoms with Crippen LogP contribution in [0.1, 0.15) is 85.5 Å². The molecule has 2 saturated heterocycles. The Bertz CT molecular complexity index is 432. The van der Waals surface area contributed by atoms with Crippen LogP contribution in [0.15, 0.2) is 0 Å². The summed E-state index contributed by atoms with van der Waals surface area (Å²) in [5.74, 6) is 3.01. The zero-order valence-corrected chi connectivity index (χ0v) is 16.6. The van der Waals surface area contributed by atoms with E-state index < -0.39 is 0 Å². The van der Waals surface area contributed by atoms with E-state index in [1.165, 1.54) is 64.3 Å². The van der Waals surface area contributed by atoms with E-state index in [1.54, 1.807) is 0 Å². The van der Waals surface area contributed by atoms with Gasteiger partial charge in [0.15, 0.2) is 0 Å². The molecule has 2 saturated carbocycles. The van der Waals surface area contributed by atoms with E-state index in [4.69, 9.17) is 0 Å². The Morgan fingerprint density at radius 3 is 2.04 bits per heavy atom. The van der Waals surface area contributed by atoms with E-state index in [0.717, 1.165) is 48.0 Å². The van der Waals surface area contributed by atoms with Crippen LogP contribution in [0.25, 0.3) is 0 Å². The highest BCUT2D eigenvalue weighted by Crippen LogP contribution is 2.47. The van der Waals surface area contributed by atoms with Crippen LogP contribution in [0, 0.1) is 17.8 Å². The molecule has 4 fully saturated rings. The number of fused-ring (bicyclic) bond motifs is 2. The molecule has 0 spiro atoms. The van der Waals surface area contributed by atoms with Crippen molar-refractivity contribution in [1.82, 2.24) is 9.80 Å². The molecule has 0 aromatic carbocycles. The van der Waals surface area contributed by atoms with Crippen molar-refractivity contribution < 1.29 is 0 Å². The summed E-state index contributed by atoms with van der Waals surface area (Å²) in [6, 6.07) is 4.19. The van der Waals surface area contributed by atoms with Gasteiger partial charge in [0.1, 0.15) is 0 Å². The molecule has 6 unspecified atom stereocenters. The lowest BCUT2D eigenvalue weighted by Crippen LogP contribution is -2.56. The van der Waals surface area contributed by atoms with E-state index in [2.05, 4.69) is 37.5 Å². The molecule has 0 radical (unpaired) electrons. The van der Waals surface area contributed by atoms with Gasteiger partial charge in [-0.05, 0) is 103 Å². The molecule has 0 N–H and O–H groups in total. The summed E-state index contributed by atoms with van der Waals surface area (Å²) in [4.78, 5) is 5.86. The lowest BCUT2D eigenvalue weighted by Gasteiger charge is -2.51. The molecule has 138 valence electrons. The summed E-state index contributed by atoms with van der Waals surface area (Å²) in [5, 5.41) is 0. The molecule has 2 nitrogen and oxygen atoms in total. The van der Waals surface area contributed by atoms with E-state index in [1.807, 2.05) is 0 Å². The van der Waals surface area contributed by atoms with Gasteiger partial charge in [-0.2, -0.15) is 0 Å². The minimum atomic E-state index is 0.739. The second-order valence-electron chi connectivity index (χ2n) is 9.96. The fourth-order valence-corrected chi connectivity index (χ4v) is 7.23. The van der Waals surface area contributed by atoms with Crippen LogP contribution in [0.3, 0.4) is 0 Å². The molecule has 2 aliphatic heterocycles. The van der Waals surface area contributed by atoms with Gasteiger partial charge in [0, 0.05) is 30.2 Å². The predicted octanol–water partition coefficient (Wildman–Crippen LogP) is 4.93. The molecule has 2 heterocycles. The van der Waals surface area contributed by atoms with E-state index in [-0.39, 0.29) is 0 Å². The molecule has 2 aliphatic carbocycles. The first-order chi connectivity index (χ1) is 11.6. The summed E-state index contributed by atoms with van der Waals surface area (Å²) in [7, 11) is 0. The fraction of sp³-hybridized carbons (Fsp3) is 1.00. The average molecular weight is 333 g/mol. The topological polar surface area (TPSA) is 6.48 Å². The minimum Gasteiger partial charge on any atom is -0.298 e. The van der Waals surface area contributed by atoms with Gasteiger partial charge in [-0.1, -0.05) is 6.42 Å². The quantitative estimate of drug-likeness (QED) is 0.723. The molecule has 0 aromatic rings. The Kier molecular flexibility index (Phi) is 4.99. The Hall–Kier alpha value is -0.0800.